The molecule has 3 rings (SSSR count). The van der Waals surface area contributed by atoms with E-state index in [2.05, 4.69) is 10.1 Å². The molecule has 21 heavy (non-hydrogen) atoms. The molecule has 2 N–H and O–H groups in total. The monoisotopic (exact) mass is 301 g/mol. The van der Waals surface area contributed by atoms with Crippen molar-refractivity contribution in [2.24, 2.45) is 0 Å². The third-order valence-electron chi connectivity index (χ3n) is 3.13. The van der Waals surface area contributed by atoms with Gasteiger partial charge in [-0.25, -0.2) is 0 Å². The lowest BCUT2D eigenvalue weighted by Crippen LogP contribution is -2.05. The predicted molar refractivity (Wildman–Crippen MR) is 82.1 cm³/mol. The largest absolute Gasteiger partial charge is 0.390 e. The molecule has 1 unspecified atom stereocenters. The number of aromatic nitrogens is 2. The van der Waals surface area contributed by atoms with Crippen LogP contribution < -0.4 is 5.73 Å². The van der Waals surface area contributed by atoms with E-state index in [9.17, 15) is 0 Å². The van der Waals surface area contributed by atoms with Gasteiger partial charge in [-0.2, -0.15) is 4.98 Å². The van der Waals surface area contributed by atoms with Crippen LogP contribution in [0.5, 0.6) is 0 Å². The van der Waals surface area contributed by atoms with Crippen LogP contribution in [0.2, 0.25) is 0 Å². The second-order valence-corrected chi connectivity index (χ2v) is 5.91. The summed E-state index contributed by atoms with van der Waals surface area (Å²) in [5, 5.41) is 4.71. The van der Waals surface area contributed by atoms with Crippen LogP contribution in [-0.2, 0) is 4.74 Å². The normalized spacial score (nSPS) is 12.5. The summed E-state index contributed by atoms with van der Waals surface area (Å²) in [6, 6.07) is 11.7. The fourth-order valence-corrected chi connectivity index (χ4v) is 2.95. The molecule has 0 aliphatic heterocycles. The molecule has 0 spiro atoms. The number of benzene rings is 1. The molecule has 3 aromatic rings. The number of hydrogen-bond acceptors (Lipinski definition) is 6. The number of methoxy groups -OCH3 is 1. The predicted octanol–water partition coefficient (Wildman–Crippen LogP) is 3.42. The summed E-state index contributed by atoms with van der Waals surface area (Å²) in [6.07, 6.45) is -0.357. The fourth-order valence-electron chi connectivity index (χ4n) is 2.17. The Labute approximate surface area is 126 Å². The van der Waals surface area contributed by atoms with Crippen LogP contribution >= 0.6 is 11.3 Å². The minimum Gasteiger partial charge on any atom is -0.390 e. The van der Waals surface area contributed by atoms with Crippen molar-refractivity contribution >= 4 is 16.3 Å². The van der Waals surface area contributed by atoms with Gasteiger partial charge in [0, 0.05) is 12.0 Å². The molecule has 0 fully saturated rings. The van der Waals surface area contributed by atoms with Crippen molar-refractivity contribution in [3.8, 4) is 11.5 Å². The lowest BCUT2D eigenvalue weighted by atomic mass is 10.1. The van der Waals surface area contributed by atoms with Gasteiger partial charge in [-0.15, -0.1) is 11.3 Å². The number of anilines is 1. The van der Waals surface area contributed by atoms with Crippen LogP contribution in [0, 0.1) is 6.92 Å². The van der Waals surface area contributed by atoms with E-state index in [0.29, 0.717) is 16.7 Å². The molecule has 0 amide bonds. The number of nitrogen functional groups attached to an aromatic ring is 1. The first kappa shape index (κ1) is 13.8. The van der Waals surface area contributed by atoms with Crippen molar-refractivity contribution in [1.82, 2.24) is 10.1 Å². The first-order valence-electron chi connectivity index (χ1n) is 6.46. The maximum absolute atomic E-state index is 5.96. The van der Waals surface area contributed by atoms with Gasteiger partial charge in [-0.1, -0.05) is 35.5 Å². The molecular formula is C15H15N3O2S. The fraction of sp³-hybridized carbons (Fsp3) is 0.200. The van der Waals surface area contributed by atoms with Crippen LogP contribution in [-0.4, -0.2) is 17.3 Å². The van der Waals surface area contributed by atoms with Gasteiger partial charge in [0.25, 0.3) is 5.89 Å². The maximum atomic E-state index is 5.96. The molecule has 0 aliphatic carbocycles. The minimum atomic E-state index is -0.357. The zero-order valence-corrected chi connectivity index (χ0v) is 12.6. The first-order valence-corrected chi connectivity index (χ1v) is 7.28. The molecule has 2 heterocycles. The number of nitrogens with two attached hydrogens (primary N) is 1. The van der Waals surface area contributed by atoms with E-state index in [0.717, 1.165) is 16.0 Å². The first-order chi connectivity index (χ1) is 10.2. The molecule has 1 atom stereocenters. The number of aryl methyl sites for hydroxylation is 1. The third-order valence-corrected chi connectivity index (χ3v) is 4.01. The summed E-state index contributed by atoms with van der Waals surface area (Å²) in [7, 11) is 1.62. The van der Waals surface area contributed by atoms with Crippen LogP contribution in [0.4, 0.5) is 5.00 Å². The molecule has 2 aromatic heterocycles. The van der Waals surface area contributed by atoms with E-state index in [4.69, 9.17) is 15.0 Å². The zero-order chi connectivity index (χ0) is 14.8. The summed E-state index contributed by atoms with van der Waals surface area (Å²) in [5.74, 6) is 0.909. The molecule has 0 bridgehead atoms. The lowest BCUT2D eigenvalue weighted by Gasteiger charge is -2.10. The maximum Gasteiger partial charge on any atom is 0.261 e. The Morgan fingerprint density at radius 2 is 2.05 bits per heavy atom. The van der Waals surface area contributed by atoms with Gasteiger partial charge >= 0.3 is 0 Å². The smallest absolute Gasteiger partial charge is 0.261 e. The highest BCUT2D eigenvalue weighted by Crippen LogP contribution is 2.33. The lowest BCUT2D eigenvalue weighted by molar-refractivity contribution is 0.126. The van der Waals surface area contributed by atoms with Gasteiger partial charge in [-0.3, -0.25) is 0 Å². The molecule has 0 saturated heterocycles. The van der Waals surface area contributed by atoms with Crippen molar-refractivity contribution in [1.29, 1.82) is 0 Å². The average Bonchev–Trinajstić information content (AvgIpc) is 3.08. The number of ether oxygens (including phenoxy) is 1. The average molecular weight is 301 g/mol. The van der Waals surface area contributed by atoms with E-state index < -0.39 is 0 Å². The molecule has 0 aliphatic rings. The third kappa shape index (κ3) is 2.68. The quantitative estimate of drug-likeness (QED) is 0.799. The SMILES string of the molecule is COC(c1ccccc1)c1noc(-c2cc(C)sc2N)n1. The van der Waals surface area contributed by atoms with E-state index >= 15 is 0 Å². The van der Waals surface area contributed by atoms with Crippen molar-refractivity contribution < 1.29 is 9.26 Å². The van der Waals surface area contributed by atoms with Crippen LogP contribution in [0.25, 0.3) is 11.5 Å². The van der Waals surface area contributed by atoms with Gasteiger partial charge in [0.1, 0.15) is 6.10 Å². The summed E-state index contributed by atoms with van der Waals surface area (Å²) in [6.45, 7) is 1.99. The van der Waals surface area contributed by atoms with Gasteiger partial charge in [0.2, 0.25) is 5.82 Å². The van der Waals surface area contributed by atoms with Crippen molar-refractivity contribution in [2.75, 3.05) is 12.8 Å². The second-order valence-electron chi connectivity index (χ2n) is 4.62. The van der Waals surface area contributed by atoms with Gasteiger partial charge in [0.05, 0.1) is 10.6 Å². The topological polar surface area (TPSA) is 74.2 Å². The zero-order valence-electron chi connectivity index (χ0n) is 11.7. The molecule has 1 aromatic carbocycles. The van der Waals surface area contributed by atoms with Gasteiger partial charge < -0.3 is 15.0 Å². The Morgan fingerprint density at radius 1 is 1.29 bits per heavy atom. The standard InChI is InChI=1S/C15H15N3O2S/c1-9-8-11(13(16)21-9)15-17-14(18-20-15)12(19-2)10-6-4-3-5-7-10/h3-8,12H,16H2,1-2H3. The van der Waals surface area contributed by atoms with E-state index in [1.807, 2.05) is 43.3 Å². The highest BCUT2D eigenvalue weighted by molar-refractivity contribution is 7.16. The summed E-state index contributed by atoms with van der Waals surface area (Å²) >= 11 is 1.50. The number of hydrogen-bond donors (Lipinski definition) is 1. The van der Waals surface area contributed by atoms with E-state index in [1.54, 1.807) is 7.11 Å². The Balaban J connectivity index is 1.95. The Kier molecular flexibility index (Phi) is 3.72. The van der Waals surface area contributed by atoms with Crippen molar-refractivity contribution in [2.45, 2.75) is 13.0 Å². The van der Waals surface area contributed by atoms with Crippen LogP contribution in [0.3, 0.4) is 0 Å². The molecule has 5 nitrogen and oxygen atoms in total. The van der Waals surface area contributed by atoms with Crippen molar-refractivity contribution in [3.63, 3.8) is 0 Å². The van der Waals surface area contributed by atoms with Gasteiger partial charge in [-0.05, 0) is 18.6 Å². The number of thiophene rings is 1. The molecule has 108 valence electrons. The van der Waals surface area contributed by atoms with Gasteiger partial charge in [0.15, 0.2) is 0 Å². The summed E-state index contributed by atoms with van der Waals surface area (Å²) in [5.41, 5.74) is 7.71. The van der Waals surface area contributed by atoms with E-state index in [1.165, 1.54) is 11.3 Å². The molecule has 0 radical (unpaired) electrons. The minimum absolute atomic E-state index is 0.357. The second kappa shape index (κ2) is 5.67. The van der Waals surface area contributed by atoms with Crippen molar-refractivity contribution in [3.05, 3.63) is 52.7 Å². The van der Waals surface area contributed by atoms with Crippen LogP contribution in [0.15, 0.2) is 40.9 Å². The number of nitrogens with zero attached hydrogens (tertiary/aromatic N) is 2. The molecule has 0 saturated carbocycles. The Hall–Kier alpha value is -2.18. The summed E-state index contributed by atoms with van der Waals surface area (Å²) in [4.78, 5) is 5.53. The Bertz CT molecular complexity index is 736. The highest BCUT2D eigenvalue weighted by atomic mass is 32.1. The molecular weight excluding hydrogens is 286 g/mol. The summed E-state index contributed by atoms with van der Waals surface area (Å²) < 4.78 is 10.8. The highest BCUT2D eigenvalue weighted by Gasteiger charge is 2.21. The number of rotatable bonds is 4. The Morgan fingerprint density at radius 3 is 2.67 bits per heavy atom. The van der Waals surface area contributed by atoms with E-state index in [-0.39, 0.29) is 6.10 Å². The van der Waals surface area contributed by atoms with Crippen LogP contribution in [0.1, 0.15) is 22.4 Å². The molecule has 6 heteroatoms.